The lowest BCUT2D eigenvalue weighted by Crippen LogP contribution is -2.03. The molecule has 0 aliphatic heterocycles. The van der Waals surface area contributed by atoms with Crippen LogP contribution in [0.2, 0.25) is 5.15 Å². The Labute approximate surface area is 126 Å². The molecule has 0 bridgehead atoms. The first-order chi connectivity index (χ1) is 8.97. The molecule has 19 heavy (non-hydrogen) atoms. The standard InChI is InChI=1S/C13H16BrClN4/c1-8(2)12-9(7-19(3)18-12)5-16-11-4-10(14)6-17-13(11)15/h4,6-8,16H,5H2,1-3H3. The van der Waals surface area contributed by atoms with Crippen molar-refractivity contribution in [2.24, 2.45) is 7.05 Å². The van der Waals surface area contributed by atoms with Crippen LogP contribution in [0.15, 0.2) is 22.9 Å². The SMILES string of the molecule is CC(C)c1nn(C)cc1CNc1cc(Br)cnc1Cl. The summed E-state index contributed by atoms with van der Waals surface area (Å²) in [5.41, 5.74) is 3.09. The summed E-state index contributed by atoms with van der Waals surface area (Å²) in [4.78, 5) is 4.09. The van der Waals surface area contributed by atoms with Gasteiger partial charge in [-0.15, -0.1) is 0 Å². The van der Waals surface area contributed by atoms with Gasteiger partial charge in [0.25, 0.3) is 0 Å². The topological polar surface area (TPSA) is 42.7 Å². The molecule has 0 saturated carbocycles. The van der Waals surface area contributed by atoms with Gasteiger partial charge in [0.05, 0.1) is 11.4 Å². The zero-order valence-corrected chi connectivity index (χ0v) is 13.5. The molecule has 2 aromatic rings. The second-order valence-electron chi connectivity index (χ2n) is 4.71. The molecule has 0 fully saturated rings. The van der Waals surface area contributed by atoms with Gasteiger partial charge in [-0.3, -0.25) is 4.68 Å². The van der Waals surface area contributed by atoms with Crippen LogP contribution in [0, 0.1) is 0 Å². The lowest BCUT2D eigenvalue weighted by molar-refractivity contribution is 0.712. The predicted molar refractivity (Wildman–Crippen MR) is 81.6 cm³/mol. The van der Waals surface area contributed by atoms with Crippen molar-refractivity contribution in [2.45, 2.75) is 26.3 Å². The van der Waals surface area contributed by atoms with Crippen molar-refractivity contribution in [1.29, 1.82) is 0 Å². The first-order valence-corrected chi connectivity index (χ1v) is 7.21. The molecule has 1 N–H and O–H groups in total. The predicted octanol–water partition coefficient (Wildman–Crippen LogP) is 3.97. The highest BCUT2D eigenvalue weighted by molar-refractivity contribution is 9.10. The van der Waals surface area contributed by atoms with Crippen molar-refractivity contribution < 1.29 is 0 Å². The fourth-order valence-electron chi connectivity index (χ4n) is 1.91. The number of rotatable bonds is 4. The quantitative estimate of drug-likeness (QED) is 0.854. The third-order valence-electron chi connectivity index (χ3n) is 2.76. The van der Waals surface area contributed by atoms with E-state index >= 15 is 0 Å². The summed E-state index contributed by atoms with van der Waals surface area (Å²) in [6.45, 7) is 4.96. The maximum absolute atomic E-state index is 6.05. The maximum atomic E-state index is 6.05. The third-order valence-corrected chi connectivity index (χ3v) is 3.49. The van der Waals surface area contributed by atoms with E-state index in [-0.39, 0.29) is 0 Å². The van der Waals surface area contributed by atoms with Crippen LogP contribution >= 0.6 is 27.5 Å². The number of hydrogen-bond donors (Lipinski definition) is 1. The van der Waals surface area contributed by atoms with Crippen LogP contribution in [0.5, 0.6) is 0 Å². The summed E-state index contributed by atoms with van der Waals surface area (Å²) in [5, 5.41) is 8.25. The highest BCUT2D eigenvalue weighted by Crippen LogP contribution is 2.24. The molecule has 102 valence electrons. The molecular weight excluding hydrogens is 328 g/mol. The van der Waals surface area contributed by atoms with E-state index in [1.807, 2.05) is 24.0 Å². The van der Waals surface area contributed by atoms with E-state index in [0.717, 1.165) is 15.9 Å². The van der Waals surface area contributed by atoms with E-state index < -0.39 is 0 Å². The van der Waals surface area contributed by atoms with Gasteiger partial charge in [0.2, 0.25) is 0 Å². The normalized spacial score (nSPS) is 11.1. The number of anilines is 1. The Bertz CT molecular complexity index is 580. The monoisotopic (exact) mass is 342 g/mol. The molecule has 0 amide bonds. The number of nitrogens with one attached hydrogen (secondary N) is 1. The fraction of sp³-hybridized carbons (Fsp3) is 0.385. The van der Waals surface area contributed by atoms with Crippen LogP contribution in [0.3, 0.4) is 0 Å². The Morgan fingerprint density at radius 1 is 1.47 bits per heavy atom. The van der Waals surface area contributed by atoms with Gasteiger partial charge in [-0.1, -0.05) is 25.4 Å². The minimum absolute atomic E-state index is 0.397. The number of halogens is 2. The van der Waals surface area contributed by atoms with E-state index in [9.17, 15) is 0 Å². The van der Waals surface area contributed by atoms with Crippen LogP contribution in [-0.4, -0.2) is 14.8 Å². The minimum Gasteiger partial charge on any atom is -0.378 e. The lowest BCUT2D eigenvalue weighted by atomic mass is 10.1. The molecule has 2 rings (SSSR count). The zero-order valence-electron chi connectivity index (χ0n) is 11.1. The van der Waals surface area contributed by atoms with Gasteiger partial charge >= 0.3 is 0 Å². The van der Waals surface area contributed by atoms with E-state index in [2.05, 4.69) is 45.2 Å². The molecule has 0 aliphatic rings. The van der Waals surface area contributed by atoms with Gasteiger partial charge in [0.1, 0.15) is 0 Å². The van der Waals surface area contributed by atoms with Gasteiger partial charge in [0.15, 0.2) is 5.15 Å². The molecule has 0 spiro atoms. The number of aryl methyl sites for hydroxylation is 1. The second kappa shape index (κ2) is 5.92. The van der Waals surface area contributed by atoms with E-state index in [0.29, 0.717) is 17.6 Å². The fourth-order valence-corrected chi connectivity index (χ4v) is 2.42. The maximum Gasteiger partial charge on any atom is 0.152 e. The molecule has 0 saturated heterocycles. The number of aromatic nitrogens is 3. The van der Waals surface area contributed by atoms with Crippen molar-refractivity contribution in [3.05, 3.63) is 39.3 Å². The Morgan fingerprint density at radius 2 is 2.21 bits per heavy atom. The lowest BCUT2D eigenvalue weighted by Gasteiger charge is -2.09. The Kier molecular flexibility index (Phi) is 4.47. The van der Waals surface area contributed by atoms with Crippen molar-refractivity contribution in [2.75, 3.05) is 5.32 Å². The summed E-state index contributed by atoms with van der Waals surface area (Å²) in [5.74, 6) is 0.397. The summed E-state index contributed by atoms with van der Waals surface area (Å²) in [7, 11) is 1.93. The highest BCUT2D eigenvalue weighted by Gasteiger charge is 2.11. The average molecular weight is 344 g/mol. The van der Waals surface area contributed by atoms with Crippen LogP contribution in [0.4, 0.5) is 5.69 Å². The summed E-state index contributed by atoms with van der Waals surface area (Å²) in [6.07, 6.45) is 3.71. The molecule has 4 nitrogen and oxygen atoms in total. The molecule has 2 heterocycles. The van der Waals surface area contributed by atoms with Crippen molar-refractivity contribution in [1.82, 2.24) is 14.8 Å². The largest absolute Gasteiger partial charge is 0.378 e. The molecule has 6 heteroatoms. The van der Waals surface area contributed by atoms with Crippen LogP contribution in [0.1, 0.15) is 31.0 Å². The molecule has 0 radical (unpaired) electrons. The molecule has 0 aliphatic carbocycles. The summed E-state index contributed by atoms with van der Waals surface area (Å²) < 4.78 is 2.74. The van der Waals surface area contributed by atoms with Gasteiger partial charge in [0, 0.05) is 36.0 Å². The van der Waals surface area contributed by atoms with Gasteiger partial charge in [-0.2, -0.15) is 5.10 Å². The third kappa shape index (κ3) is 3.48. The Balaban J connectivity index is 2.16. The molecule has 0 atom stereocenters. The first kappa shape index (κ1) is 14.3. The number of hydrogen-bond acceptors (Lipinski definition) is 3. The molecule has 0 unspecified atom stereocenters. The van der Waals surface area contributed by atoms with Crippen molar-refractivity contribution in [3.63, 3.8) is 0 Å². The molecule has 0 aromatic carbocycles. The number of pyridine rings is 1. The first-order valence-electron chi connectivity index (χ1n) is 6.04. The van der Waals surface area contributed by atoms with Crippen LogP contribution < -0.4 is 5.32 Å². The second-order valence-corrected chi connectivity index (χ2v) is 5.99. The average Bonchev–Trinajstić information content (AvgIpc) is 2.72. The van der Waals surface area contributed by atoms with E-state index in [1.54, 1.807) is 6.20 Å². The van der Waals surface area contributed by atoms with Gasteiger partial charge in [-0.05, 0) is 27.9 Å². The summed E-state index contributed by atoms with van der Waals surface area (Å²) >= 11 is 9.44. The van der Waals surface area contributed by atoms with E-state index in [4.69, 9.17) is 11.6 Å². The Hall–Kier alpha value is -1.07. The van der Waals surface area contributed by atoms with Gasteiger partial charge in [-0.25, -0.2) is 4.98 Å². The minimum atomic E-state index is 0.397. The van der Waals surface area contributed by atoms with Crippen LogP contribution in [-0.2, 0) is 13.6 Å². The van der Waals surface area contributed by atoms with E-state index in [1.165, 1.54) is 5.56 Å². The smallest absolute Gasteiger partial charge is 0.152 e. The van der Waals surface area contributed by atoms with Crippen molar-refractivity contribution in [3.8, 4) is 0 Å². The summed E-state index contributed by atoms with van der Waals surface area (Å²) in [6, 6.07) is 1.92. The zero-order chi connectivity index (χ0) is 14.0. The highest BCUT2D eigenvalue weighted by atomic mass is 79.9. The Morgan fingerprint density at radius 3 is 2.89 bits per heavy atom. The van der Waals surface area contributed by atoms with Gasteiger partial charge < -0.3 is 5.32 Å². The van der Waals surface area contributed by atoms with Crippen LogP contribution in [0.25, 0.3) is 0 Å². The molecule has 2 aromatic heterocycles. The molecular formula is C13H16BrClN4. The number of nitrogens with zero attached hydrogens (tertiary/aromatic N) is 3. The van der Waals surface area contributed by atoms with Crippen molar-refractivity contribution >= 4 is 33.2 Å².